The van der Waals surface area contributed by atoms with E-state index in [0.717, 1.165) is 154 Å². The normalized spacial score (nSPS) is 11.2. The molecule has 0 aliphatic carbocycles. The van der Waals surface area contributed by atoms with E-state index in [1.54, 1.807) is 63.3 Å². The molecular weight excluding hydrogens is 1610 g/mol. The molecule has 0 fully saturated rings. The third kappa shape index (κ3) is 20.3. The average Bonchev–Trinajstić information content (AvgIpc) is 1.43. The standard InChI is InChI=1S/C24H25FN6O.C23H25FN6O2.C23H23FN6O.C23H26FN5O2/c1-16-20(22(13-26)29-30(16)3)9-11-32-23-12-18(25)5-6-21(23)17-4-7-24-28-14-19(8-10-27-2)31(24)15-17;1-14-18(22(23(26)31)28-29(14)2)8-10-32-20-11-16(24)4-5-19(20)15-3-6-21-27-12-17(7-9-25)30(21)13-15;1-15-19(21(11-25)28-29(15)3)8-9-31-22-10-17(24)5-6-20(22)16-4-7-23-27-13-18(12-26-2)30(23)14-16;1-15-19(21(14-30)27-28(15)2)8-10-31-22-11-17(24)4-5-20(22)16-3-6-23-26-12-18(7-9-25)29(23)13-16/h4-7,12,14-15,27H,8-11H2,1-3H3;3-6,11-13H,7-10,25H2,1-2H3,(H2,26,31);4-7,10,13-14,26H,8-9,12H2,1-3H3;3-6,11-13,30H,7-10,14,25H2,1-2H3. The molecule has 9 N–H and O–H groups in total. The minimum atomic E-state index is -0.586. The van der Waals surface area contributed by atoms with Crippen molar-refractivity contribution in [3.8, 4) is 79.6 Å². The predicted octanol–water partition coefficient (Wildman–Crippen LogP) is 12.0. The summed E-state index contributed by atoms with van der Waals surface area (Å²) in [5, 5.41) is 51.4. The quantitative estimate of drug-likeness (QED) is 0.0220. The Morgan fingerprint density at radius 1 is 0.421 bits per heavy atom. The zero-order valence-corrected chi connectivity index (χ0v) is 71.8. The number of fused-ring (bicyclic) bond motifs is 4. The highest BCUT2D eigenvalue weighted by atomic mass is 19.1. The summed E-state index contributed by atoms with van der Waals surface area (Å²) in [4.78, 5) is 29.4. The number of nitrogens with two attached hydrogens (primary N) is 3. The van der Waals surface area contributed by atoms with Gasteiger partial charge in [0.15, 0.2) is 17.1 Å². The van der Waals surface area contributed by atoms with Crippen molar-refractivity contribution < 1.29 is 46.4 Å². The lowest BCUT2D eigenvalue weighted by Crippen LogP contribution is -2.15. The van der Waals surface area contributed by atoms with Crippen molar-refractivity contribution in [3.63, 3.8) is 0 Å². The van der Waals surface area contributed by atoms with Crippen molar-refractivity contribution in [2.45, 2.75) is 85.8 Å². The molecule has 0 spiro atoms. The maximum atomic E-state index is 14.0. The first-order valence-electron chi connectivity index (χ1n) is 41.0. The van der Waals surface area contributed by atoms with Crippen LogP contribution >= 0.6 is 0 Å². The molecule has 12 heterocycles. The van der Waals surface area contributed by atoms with Crippen molar-refractivity contribution in [2.75, 3.05) is 60.2 Å². The molecule has 0 saturated carbocycles. The molecule has 1 amide bonds. The fraction of sp³-hybridized carbons (Fsp3) is 0.280. The summed E-state index contributed by atoms with van der Waals surface area (Å²) in [7, 11) is 11.0. The molecule has 0 aliphatic heterocycles. The number of nitrogens with one attached hydrogen (secondary N) is 2. The van der Waals surface area contributed by atoms with E-state index in [9.17, 15) is 38.0 Å². The second-order valence-corrected chi connectivity index (χ2v) is 30.0. The lowest BCUT2D eigenvalue weighted by Gasteiger charge is -2.13. The molecular formula is C93H99F4N23O6. The zero-order valence-electron chi connectivity index (χ0n) is 71.8. The highest BCUT2D eigenvalue weighted by molar-refractivity contribution is 5.92. The second kappa shape index (κ2) is 40.8. The molecule has 16 aromatic rings. The Bertz CT molecular complexity index is 6670. The Morgan fingerprint density at radius 3 is 1.08 bits per heavy atom. The van der Waals surface area contributed by atoms with Crippen LogP contribution in [-0.2, 0) is 86.3 Å². The Balaban J connectivity index is 0.000000144. The van der Waals surface area contributed by atoms with Gasteiger partial charge in [-0.05, 0) is 152 Å². The number of hydrogen-bond donors (Lipinski definition) is 6. The SMILES string of the molecule is CNCCc1cnc2ccc(-c3ccc(F)cc3OCCc3c(C#N)nn(C)c3C)cn12.CNCc1cnc2ccc(-c3ccc(F)cc3OCCc3c(C#N)nn(C)c3C)cn12.Cc1c(CCOc2cc(F)ccc2-c2ccc3ncc(CCN)n3c2)c(C(N)=O)nn1C.Cc1c(CCOc2cc(F)ccc2-c2ccc3ncc(CCN)n3c2)c(CO)nn1C. The fourth-order valence-electron chi connectivity index (χ4n) is 15.1. The molecule has 0 radical (unpaired) electrons. The van der Waals surface area contributed by atoms with Crippen molar-refractivity contribution in [2.24, 2.45) is 45.4 Å². The number of benzene rings is 4. The van der Waals surface area contributed by atoms with Crippen LogP contribution in [0.1, 0.15) is 95.4 Å². The molecule has 0 unspecified atom stereocenters. The van der Waals surface area contributed by atoms with Crippen LogP contribution < -0.4 is 46.8 Å². The second-order valence-electron chi connectivity index (χ2n) is 30.0. The number of ether oxygens (including phenoxy) is 4. The maximum absolute atomic E-state index is 14.0. The van der Waals surface area contributed by atoms with E-state index in [4.69, 9.17) is 36.1 Å². The molecule has 0 aliphatic rings. The topological polar surface area (TPSA) is 364 Å². The van der Waals surface area contributed by atoms with Crippen LogP contribution in [-0.4, -0.2) is 148 Å². The monoisotopic (exact) mass is 1710 g/mol. The summed E-state index contributed by atoms with van der Waals surface area (Å²) in [6, 6.07) is 37.8. The van der Waals surface area contributed by atoms with Gasteiger partial charge in [0.05, 0.1) is 50.6 Å². The Labute approximate surface area is 724 Å². The van der Waals surface area contributed by atoms with Crippen LogP contribution in [0.4, 0.5) is 17.6 Å². The number of primary amides is 1. The van der Waals surface area contributed by atoms with Gasteiger partial charge < -0.3 is 69.5 Å². The predicted molar refractivity (Wildman–Crippen MR) is 471 cm³/mol. The van der Waals surface area contributed by atoms with Gasteiger partial charge in [0.2, 0.25) is 0 Å². The number of carbonyl (C=O) groups excluding carboxylic acids is 1. The van der Waals surface area contributed by atoms with Crippen LogP contribution in [0.3, 0.4) is 0 Å². The van der Waals surface area contributed by atoms with Crippen LogP contribution in [0.2, 0.25) is 0 Å². The van der Waals surface area contributed by atoms with Gasteiger partial charge in [0.1, 0.15) is 81.0 Å². The molecule has 12 aromatic heterocycles. The van der Waals surface area contributed by atoms with E-state index < -0.39 is 11.7 Å². The van der Waals surface area contributed by atoms with E-state index >= 15 is 0 Å². The van der Waals surface area contributed by atoms with E-state index in [1.807, 2.05) is 161 Å². The minimum absolute atomic E-state index is 0.127. The highest BCUT2D eigenvalue weighted by Crippen LogP contribution is 2.37. The number of aliphatic hydroxyl groups excluding tert-OH is 1. The summed E-state index contributed by atoms with van der Waals surface area (Å²) in [5.74, 6) is -0.287. The molecule has 650 valence electrons. The van der Waals surface area contributed by atoms with Crippen LogP contribution in [0.5, 0.6) is 23.0 Å². The Morgan fingerprint density at radius 2 is 0.738 bits per heavy atom. The number of amides is 1. The molecule has 0 atom stereocenters. The van der Waals surface area contributed by atoms with Crippen molar-refractivity contribution in [1.82, 2.24) is 87.3 Å². The minimum Gasteiger partial charge on any atom is -0.492 e. The van der Waals surface area contributed by atoms with Gasteiger partial charge in [0.25, 0.3) is 5.91 Å². The summed E-state index contributed by atoms with van der Waals surface area (Å²) in [5.41, 5.74) is 39.7. The fourth-order valence-corrected chi connectivity index (χ4v) is 15.1. The number of nitrogens with zero attached hydrogens (tertiary/aromatic N) is 18. The van der Waals surface area contributed by atoms with Crippen molar-refractivity contribution >= 4 is 28.5 Å². The summed E-state index contributed by atoms with van der Waals surface area (Å²) < 4.78 is 94.9. The first kappa shape index (κ1) is 89.4. The van der Waals surface area contributed by atoms with Gasteiger partial charge in [-0.1, -0.05) is 0 Å². The van der Waals surface area contributed by atoms with E-state index in [0.29, 0.717) is 112 Å². The molecule has 33 heteroatoms. The average molecular weight is 1710 g/mol. The lowest BCUT2D eigenvalue weighted by atomic mass is 10.1. The number of hydrogen-bond acceptors (Lipinski definition) is 20. The number of aromatic nitrogens is 16. The van der Waals surface area contributed by atoms with Crippen LogP contribution in [0.25, 0.3) is 67.1 Å². The van der Waals surface area contributed by atoms with Gasteiger partial charge in [-0.2, -0.15) is 30.9 Å². The van der Waals surface area contributed by atoms with Crippen molar-refractivity contribution in [1.29, 1.82) is 10.5 Å². The molecule has 126 heavy (non-hydrogen) atoms. The van der Waals surface area contributed by atoms with Gasteiger partial charge >= 0.3 is 0 Å². The number of rotatable bonds is 31. The Hall–Kier alpha value is -14.4. The third-order valence-corrected chi connectivity index (χ3v) is 22.1. The highest BCUT2D eigenvalue weighted by Gasteiger charge is 2.23. The van der Waals surface area contributed by atoms with Crippen molar-refractivity contribution in [3.05, 3.63) is 285 Å². The lowest BCUT2D eigenvalue weighted by molar-refractivity contribution is 0.0993. The molecule has 4 aromatic carbocycles. The smallest absolute Gasteiger partial charge is 0.269 e. The Kier molecular flexibility index (Phi) is 28.9. The maximum Gasteiger partial charge on any atom is 0.269 e. The summed E-state index contributed by atoms with van der Waals surface area (Å²) >= 11 is 0. The largest absolute Gasteiger partial charge is 0.492 e. The first-order valence-corrected chi connectivity index (χ1v) is 41.0. The number of imidazole rings is 4. The van der Waals surface area contributed by atoms with E-state index in [2.05, 4.69) is 67.5 Å². The number of aliphatic hydroxyl groups is 1. The van der Waals surface area contributed by atoms with Crippen LogP contribution in [0.15, 0.2) is 171 Å². The summed E-state index contributed by atoms with van der Waals surface area (Å²) in [6.07, 6.45) is 19.5. The molecule has 0 bridgehead atoms. The number of halogens is 4. The zero-order chi connectivity index (χ0) is 89.4. The molecule has 16 rings (SSSR count). The van der Waals surface area contributed by atoms with Gasteiger partial charge in [-0.25, -0.2) is 37.5 Å². The molecule has 29 nitrogen and oxygen atoms in total. The number of carbonyl (C=O) groups is 1. The van der Waals surface area contributed by atoms with E-state index in [1.165, 1.54) is 48.5 Å². The summed E-state index contributed by atoms with van der Waals surface area (Å²) in [6.45, 7) is 11.3. The first-order chi connectivity index (χ1) is 60.9. The number of likely N-dealkylation sites (N-methyl/N-ethyl adjacent to an activating group) is 1. The van der Waals surface area contributed by atoms with Gasteiger partial charge in [-0.15, -0.1) is 0 Å². The van der Waals surface area contributed by atoms with Crippen LogP contribution in [0, 0.1) is 73.6 Å². The number of aryl methyl sites for hydroxylation is 4. The van der Waals surface area contributed by atoms with Gasteiger partial charge in [-0.3, -0.25) is 23.5 Å². The number of pyridine rings is 4. The van der Waals surface area contributed by atoms with Gasteiger partial charge in [0, 0.05) is 260 Å². The van der Waals surface area contributed by atoms with E-state index in [-0.39, 0.29) is 36.4 Å². The third-order valence-electron chi connectivity index (χ3n) is 22.1. The number of nitriles is 2. The molecule has 0 saturated heterocycles.